The van der Waals surface area contributed by atoms with Crippen molar-refractivity contribution < 1.29 is 4.74 Å². The summed E-state index contributed by atoms with van der Waals surface area (Å²) in [5.41, 5.74) is 7.50. The number of anilines is 2. The van der Waals surface area contributed by atoms with Crippen LogP contribution in [0, 0.1) is 0 Å². The summed E-state index contributed by atoms with van der Waals surface area (Å²) in [6.07, 6.45) is 6.89. The fourth-order valence-electron chi connectivity index (χ4n) is 2.88. The van der Waals surface area contributed by atoms with E-state index in [2.05, 4.69) is 10.3 Å². The molecule has 1 fully saturated rings. The van der Waals surface area contributed by atoms with E-state index in [4.69, 9.17) is 10.5 Å². The molecular formula is C17H23N3O. The molecular weight excluding hydrogens is 262 g/mol. The van der Waals surface area contributed by atoms with E-state index < -0.39 is 0 Å². The number of fused-ring (bicyclic) bond motifs is 1. The number of ether oxygens (including phenoxy) is 1. The number of nitrogen functional groups attached to an aromatic ring is 1. The highest BCUT2D eigenvalue weighted by Crippen LogP contribution is 2.20. The average Bonchev–Trinajstić information content (AvgIpc) is 2.52. The Balaban J connectivity index is 1.49. The Kier molecular flexibility index (Phi) is 4.55. The number of nitrogens with zero attached hydrogens (tertiary/aromatic N) is 1. The predicted molar refractivity (Wildman–Crippen MR) is 87.5 cm³/mol. The van der Waals surface area contributed by atoms with Crippen LogP contribution in [0.5, 0.6) is 0 Å². The van der Waals surface area contributed by atoms with Gasteiger partial charge in [-0.15, -0.1) is 0 Å². The molecule has 1 aromatic carbocycles. The molecule has 4 heteroatoms. The minimum Gasteiger partial charge on any atom is -0.399 e. The normalized spacial score (nSPS) is 16.2. The molecule has 0 aliphatic heterocycles. The Labute approximate surface area is 125 Å². The zero-order valence-corrected chi connectivity index (χ0v) is 12.3. The van der Waals surface area contributed by atoms with Crippen LogP contribution in [0.3, 0.4) is 0 Å². The number of nitrogens with two attached hydrogens (primary N) is 1. The molecule has 3 rings (SSSR count). The lowest BCUT2D eigenvalue weighted by molar-refractivity contribution is 0.0347. The number of benzene rings is 1. The quantitative estimate of drug-likeness (QED) is 0.651. The summed E-state index contributed by atoms with van der Waals surface area (Å²) in [6, 6.07) is 9.81. The van der Waals surface area contributed by atoms with Gasteiger partial charge in [-0.2, -0.15) is 0 Å². The van der Waals surface area contributed by atoms with E-state index in [0.29, 0.717) is 6.10 Å². The molecule has 0 bridgehead atoms. The van der Waals surface area contributed by atoms with E-state index in [1.807, 2.05) is 30.3 Å². The Morgan fingerprint density at radius 2 is 2.00 bits per heavy atom. The second-order valence-corrected chi connectivity index (χ2v) is 5.71. The highest BCUT2D eigenvalue weighted by molar-refractivity contribution is 5.83. The summed E-state index contributed by atoms with van der Waals surface area (Å²) in [5.74, 6) is 0.888. The number of rotatable bonds is 5. The van der Waals surface area contributed by atoms with E-state index in [1.165, 1.54) is 32.1 Å². The number of nitrogens with one attached hydrogen (secondary N) is 1. The molecule has 2 aromatic rings. The molecule has 0 amide bonds. The number of hydrogen-bond acceptors (Lipinski definition) is 4. The first-order chi connectivity index (χ1) is 10.3. The highest BCUT2D eigenvalue weighted by Gasteiger charge is 2.12. The molecule has 21 heavy (non-hydrogen) atoms. The van der Waals surface area contributed by atoms with Gasteiger partial charge in [0.2, 0.25) is 0 Å². The van der Waals surface area contributed by atoms with Gasteiger partial charge in [0.15, 0.2) is 0 Å². The minimum atomic E-state index is 0.466. The van der Waals surface area contributed by atoms with E-state index in [0.717, 1.165) is 35.6 Å². The first-order valence-corrected chi connectivity index (χ1v) is 7.83. The molecule has 1 heterocycles. The van der Waals surface area contributed by atoms with Crippen molar-refractivity contribution in [1.29, 1.82) is 0 Å². The van der Waals surface area contributed by atoms with E-state index in [9.17, 15) is 0 Å². The maximum atomic E-state index is 5.90. The lowest BCUT2D eigenvalue weighted by Gasteiger charge is -2.22. The van der Waals surface area contributed by atoms with Gasteiger partial charge in [0, 0.05) is 17.6 Å². The summed E-state index contributed by atoms with van der Waals surface area (Å²) >= 11 is 0. The van der Waals surface area contributed by atoms with E-state index >= 15 is 0 Å². The van der Waals surface area contributed by atoms with Gasteiger partial charge in [0.25, 0.3) is 0 Å². The molecule has 0 atom stereocenters. The second kappa shape index (κ2) is 6.76. The van der Waals surface area contributed by atoms with Crippen LogP contribution in [0.25, 0.3) is 10.9 Å². The van der Waals surface area contributed by atoms with Crippen molar-refractivity contribution in [2.45, 2.75) is 38.2 Å². The molecule has 0 saturated heterocycles. The molecule has 1 saturated carbocycles. The van der Waals surface area contributed by atoms with Crippen molar-refractivity contribution in [3.63, 3.8) is 0 Å². The summed E-state index contributed by atoms with van der Waals surface area (Å²) in [6.45, 7) is 1.54. The molecule has 0 radical (unpaired) electrons. The van der Waals surface area contributed by atoms with Crippen molar-refractivity contribution in [2.24, 2.45) is 0 Å². The minimum absolute atomic E-state index is 0.466. The van der Waals surface area contributed by atoms with Crippen LogP contribution in [0.2, 0.25) is 0 Å². The molecule has 1 aromatic heterocycles. The SMILES string of the molecule is Nc1ccc2nc(NCCOC3CCCCC3)ccc2c1. The van der Waals surface area contributed by atoms with Crippen molar-refractivity contribution in [1.82, 2.24) is 4.98 Å². The third kappa shape index (κ3) is 3.85. The van der Waals surface area contributed by atoms with Crippen LogP contribution in [0.1, 0.15) is 32.1 Å². The molecule has 0 spiro atoms. The number of hydrogen-bond donors (Lipinski definition) is 2. The van der Waals surface area contributed by atoms with Crippen molar-refractivity contribution in [2.75, 3.05) is 24.2 Å². The Morgan fingerprint density at radius 3 is 2.86 bits per heavy atom. The first-order valence-electron chi connectivity index (χ1n) is 7.83. The maximum Gasteiger partial charge on any atom is 0.126 e. The van der Waals surface area contributed by atoms with Crippen molar-refractivity contribution in [3.8, 4) is 0 Å². The zero-order valence-electron chi connectivity index (χ0n) is 12.3. The first kappa shape index (κ1) is 14.1. The third-order valence-corrected chi connectivity index (χ3v) is 4.03. The van der Waals surface area contributed by atoms with Crippen LogP contribution in [0.4, 0.5) is 11.5 Å². The molecule has 3 N–H and O–H groups in total. The van der Waals surface area contributed by atoms with Gasteiger partial charge in [0.05, 0.1) is 18.2 Å². The van der Waals surface area contributed by atoms with E-state index in [1.54, 1.807) is 0 Å². The monoisotopic (exact) mass is 285 g/mol. The Hall–Kier alpha value is -1.81. The van der Waals surface area contributed by atoms with Gasteiger partial charge in [-0.25, -0.2) is 4.98 Å². The molecule has 112 valence electrons. The fourth-order valence-corrected chi connectivity index (χ4v) is 2.88. The van der Waals surface area contributed by atoms with Gasteiger partial charge < -0.3 is 15.8 Å². The largest absolute Gasteiger partial charge is 0.399 e. The highest BCUT2D eigenvalue weighted by atomic mass is 16.5. The number of aromatic nitrogens is 1. The van der Waals surface area contributed by atoms with Crippen LogP contribution >= 0.6 is 0 Å². The standard InChI is InChI=1S/C17H23N3O/c18-14-7-8-16-13(12-14)6-9-17(20-16)19-10-11-21-15-4-2-1-3-5-15/h6-9,12,15H,1-5,10-11,18H2,(H,19,20). The summed E-state index contributed by atoms with van der Waals surface area (Å²) in [4.78, 5) is 4.58. The van der Waals surface area contributed by atoms with E-state index in [-0.39, 0.29) is 0 Å². The average molecular weight is 285 g/mol. The fraction of sp³-hybridized carbons (Fsp3) is 0.471. The van der Waals surface area contributed by atoms with Gasteiger partial charge >= 0.3 is 0 Å². The Morgan fingerprint density at radius 1 is 1.14 bits per heavy atom. The van der Waals surface area contributed by atoms with Crippen molar-refractivity contribution >= 4 is 22.4 Å². The van der Waals surface area contributed by atoms with Gasteiger partial charge in [-0.1, -0.05) is 19.3 Å². The maximum absolute atomic E-state index is 5.90. The predicted octanol–water partition coefficient (Wildman–Crippen LogP) is 3.58. The van der Waals surface area contributed by atoms with Crippen LogP contribution in [-0.4, -0.2) is 24.2 Å². The third-order valence-electron chi connectivity index (χ3n) is 4.03. The molecule has 1 aliphatic carbocycles. The lowest BCUT2D eigenvalue weighted by Crippen LogP contribution is -2.20. The van der Waals surface area contributed by atoms with Crippen LogP contribution < -0.4 is 11.1 Å². The summed E-state index contributed by atoms with van der Waals surface area (Å²) in [7, 11) is 0. The van der Waals surface area contributed by atoms with Gasteiger partial charge in [-0.05, 0) is 43.2 Å². The van der Waals surface area contributed by atoms with Crippen LogP contribution in [-0.2, 0) is 4.74 Å². The molecule has 4 nitrogen and oxygen atoms in total. The summed E-state index contributed by atoms with van der Waals surface area (Å²) < 4.78 is 5.90. The smallest absolute Gasteiger partial charge is 0.126 e. The topological polar surface area (TPSA) is 60.2 Å². The lowest BCUT2D eigenvalue weighted by atomic mass is 9.98. The van der Waals surface area contributed by atoms with Gasteiger partial charge in [0.1, 0.15) is 5.82 Å². The van der Waals surface area contributed by atoms with Gasteiger partial charge in [-0.3, -0.25) is 0 Å². The zero-order chi connectivity index (χ0) is 14.5. The van der Waals surface area contributed by atoms with Crippen molar-refractivity contribution in [3.05, 3.63) is 30.3 Å². The molecule has 1 aliphatic rings. The Bertz CT molecular complexity index is 594. The summed E-state index contributed by atoms with van der Waals surface area (Å²) in [5, 5.41) is 4.39. The number of pyridine rings is 1. The molecule has 0 unspecified atom stereocenters. The van der Waals surface area contributed by atoms with Crippen LogP contribution in [0.15, 0.2) is 30.3 Å². The second-order valence-electron chi connectivity index (χ2n) is 5.71.